The van der Waals surface area contributed by atoms with E-state index in [0.29, 0.717) is 0 Å². The van der Waals surface area contributed by atoms with E-state index in [2.05, 4.69) is 161 Å². The third kappa shape index (κ3) is 7.52. The van der Waals surface area contributed by atoms with E-state index in [-0.39, 0.29) is 6.04 Å². The molecule has 2 nitrogen and oxygen atoms in total. The summed E-state index contributed by atoms with van der Waals surface area (Å²) in [6.07, 6.45) is 0. The van der Waals surface area contributed by atoms with E-state index >= 15 is 0 Å². The van der Waals surface area contributed by atoms with Crippen molar-refractivity contribution in [1.82, 2.24) is 9.80 Å². The molecule has 2 heteroatoms. The molecule has 190 valence electrons. The number of benzene rings is 5. The predicted octanol–water partition coefficient (Wildman–Crippen LogP) is 8.13. The molecule has 0 saturated heterocycles. The maximum Gasteiger partial charge on any atom is 0.0482 e. The number of hydrogen-bond acceptors (Lipinski definition) is 2. The highest BCUT2D eigenvalue weighted by Gasteiger charge is 2.24. The van der Waals surface area contributed by atoms with Crippen LogP contribution in [0.5, 0.6) is 0 Å². The largest absolute Gasteiger partial charge is 0.293 e. The molecule has 5 aromatic carbocycles. The second-order valence-corrected chi connectivity index (χ2v) is 9.94. The summed E-state index contributed by atoms with van der Waals surface area (Å²) in [5.74, 6) is 0. The van der Waals surface area contributed by atoms with Crippen LogP contribution in [0, 0.1) is 0 Å². The Bertz CT molecular complexity index is 1240. The van der Waals surface area contributed by atoms with Crippen molar-refractivity contribution in [2.45, 2.75) is 32.2 Å². The smallest absolute Gasteiger partial charge is 0.0482 e. The first-order valence-electron chi connectivity index (χ1n) is 13.5. The van der Waals surface area contributed by atoms with Crippen LogP contribution in [0.25, 0.3) is 0 Å². The zero-order valence-electron chi connectivity index (χ0n) is 21.9. The van der Waals surface area contributed by atoms with Gasteiger partial charge in [0, 0.05) is 38.8 Å². The molecule has 5 aromatic rings. The van der Waals surface area contributed by atoms with Crippen LogP contribution in [0.3, 0.4) is 0 Å². The summed E-state index contributed by atoms with van der Waals surface area (Å²) in [7, 11) is 0. The highest BCUT2D eigenvalue weighted by molar-refractivity contribution is 5.24. The van der Waals surface area contributed by atoms with Crippen LogP contribution >= 0.6 is 0 Å². The first-order chi connectivity index (χ1) is 18.8. The molecular weight excluding hydrogens is 460 g/mol. The Kier molecular flexibility index (Phi) is 9.14. The maximum atomic E-state index is 2.64. The molecule has 0 aliphatic rings. The topological polar surface area (TPSA) is 6.48 Å². The predicted molar refractivity (Wildman–Crippen MR) is 158 cm³/mol. The third-order valence-electron chi connectivity index (χ3n) is 7.01. The molecule has 0 radical (unpaired) electrons. The molecule has 5 rings (SSSR count). The van der Waals surface area contributed by atoms with Crippen LogP contribution in [0.4, 0.5) is 0 Å². The van der Waals surface area contributed by atoms with Crippen LogP contribution in [0.15, 0.2) is 152 Å². The second kappa shape index (κ2) is 13.5. The highest BCUT2D eigenvalue weighted by Crippen LogP contribution is 2.28. The standard InChI is InChI=1S/C36H36N2/c1-6-16-31(17-7-1)26-37(27-32-18-8-2-9-19-32)30-36(35-24-14-5-15-25-35)38(28-33-20-10-3-11-21-33)29-34-22-12-4-13-23-34/h1-25,36H,26-30H2/t36-/m0/s1. The summed E-state index contributed by atoms with van der Waals surface area (Å²) in [4.78, 5) is 5.24. The van der Waals surface area contributed by atoms with Gasteiger partial charge in [-0.05, 0) is 27.8 Å². The Labute approximate surface area is 227 Å². The maximum absolute atomic E-state index is 2.64. The van der Waals surface area contributed by atoms with Crippen molar-refractivity contribution >= 4 is 0 Å². The Morgan fingerprint density at radius 1 is 0.368 bits per heavy atom. The summed E-state index contributed by atoms with van der Waals surface area (Å²) in [6.45, 7) is 4.51. The number of hydrogen-bond donors (Lipinski definition) is 0. The SMILES string of the molecule is c1ccc(CN(Cc2ccccc2)C[C@@H](c2ccccc2)N(Cc2ccccc2)Cc2ccccc2)cc1. The van der Waals surface area contributed by atoms with E-state index in [4.69, 9.17) is 0 Å². The third-order valence-corrected chi connectivity index (χ3v) is 7.01. The zero-order valence-corrected chi connectivity index (χ0v) is 21.9. The van der Waals surface area contributed by atoms with Crippen molar-refractivity contribution < 1.29 is 0 Å². The molecule has 0 fully saturated rings. The van der Waals surface area contributed by atoms with Crippen LogP contribution < -0.4 is 0 Å². The van der Waals surface area contributed by atoms with Crippen molar-refractivity contribution in [2.24, 2.45) is 0 Å². The molecular formula is C36H36N2. The summed E-state index contributed by atoms with van der Waals surface area (Å²) in [5, 5.41) is 0. The van der Waals surface area contributed by atoms with Gasteiger partial charge in [0.15, 0.2) is 0 Å². The second-order valence-electron chi connectivity index (χ2n) is 9.94. The zero-order chi connectivity index (χ0) is 25.8. The minimum absolute atomic E-state index is 0.226. The van der Waals surface area contributed by atoms with Crippen molar-refractivity contribution in [2.75, 3.05) is 6.54 Å². The number of rotatable bonds is 12. The lowest BCUT2D eigenvalue weighted by Crippen LogP contribution is -2.37. The normalized spacial score (nSPS) is 12.1. The quantitative estimate of drug-likeness (QED) is 0.172. The van der Waals surface area contributed by atoms with Gasteiger partial charge in [-0.2, -0.15) is 0 Å². The highest BCUT2D eigenvalue weighted by atomic mass is 15.2. The number of nitrogens with zero attached hydrogens (tertiary/aromatic N) is 2. The van der Waals surface area contributed by atoms with E-state index in [1.54, 1.807) is 0 Å². The van der Waals surface area contributed by atoms with Gasteiger partial charge >= 0.3 is 0 Å². The molecule has 0 saturated carbocycles. The Balaban J connectivity index is 1.50. The molecule has 0 aromatic heterocycles. The van der Waals surface area contributed by atoms with E-state index in [0.717, 1.165) is 32.7 Å². The lowest BCUT2D eigenvalue weighted by Gasteiger charge is -2.36. The van der Waals surface area contributed by atoms with Crippen molar-refractivity contribution in [3.63, 3.8) is 0 Å². The van der Waals surface area contributed by atoms with Crippen LogP contribution in [-0.2, 0) is 26.2 Å². The Morgan fingerprint density at radius 3 is 1.05 bits per heavy atom. The molecule has 0 unspecified atom stereocenters. The fourth-order valence-electron chi connectivity index (χ4n) is 5.13. The van der Waals surface area contributed by atoms with Gasteiger partial charge < -0.3 is 0 Å². The first kappa shape index (κ1) is 25.7. The van der Waals surface area contributed by atoms with Crippen LogP contribution in [0.2, 0.25) is 0 Å². The van der Waals surface area contributed by atoms with Gasteiger partial charge in [0.2, 0.25) is 0 Å². The molecule has 0 amide bonds. The average molecular weight is 497 g/mol. The molecule has 38 heavy (non-hydrogen) atoms. The fraction of sp³-hybridized carbons (Fsp3) is 0.167. The van der Waals surface area contributed by atoms with Gasteiger partial charge in [-0.1, -0.05) is 152 Å². The fourth-order valence-corrected chi connectivity index (χ4v) is 5.13. The molecule has 0 bridgehead atoms. The van der Waals surface area contributed by atoms with Crippen molar-refractivity contribution in [3.05, 3.63) is 179 Å². The molecule has 0 N–H and O–H groups in total. The monoisotopic (exact) mass is 496 g/mol. The van der Waals surface area contributed by atoms with E-state index in [1.807, 2.05) is 0 Å². The van der Waals surface area contributed by atoms with Gasteiger partial charge in [0.1, 0.15) is 0 Å². The van der Waals surface area contributed by atoms with E-state index in [1.165, 1.54) is 27.8 Å². The molecule has 0 aliphatic heterocycles. The van der Waals surface area contributed by atoms with E-state index in [9.17, 15) is 0 Å². The lowest BCUT2D eigenvalue weighted by atomic mass is 10.0. The summed E-state index contributed by atoms with van der Waals surface area (Å²) in [6, 6.07) is 54.7. The molecule has 0 heterocycles. The summed E-state index contributed by atoms with van der Waals surface area (Å²) < 4.78 is 0. The minimum atomic E-state index is 0.226. The molecule has 1 atom stereocenters. The summed E-state index contributed by atoms with van der Waals surface area (Å²) in [5.41, 5.74) is 6.70. The van der Waals surface area contributed by atoms with E-state index < -0.39 is 0 Å². The van der Waals surface area contributed by atoms with Crippen molar-refractivity contribution in [3.8, 4) is 0 Å². The minimum Gasteiger partial charge on any atom is -0.293 e. The van der Waals surface area contributed by atoms with Gasteiger partial charge in [0.25, 0.3) is 0 Å². The average Bonchev–Trinajstić information content (AvgIpc) is 2.98. The lowest BCUT2D eigenvalue weighted by molar-refractivity contribution is 0.116. The van der Waals surface area contributed by atoms with Crippen LogP contribution in [0.1, 0.15) is 33.9 Å². The first-order valence-corrected chi connectivity index (χ1v) is 13.5. The summed E-state index contributed by atoms with van der Waals surface area (Å²) >= 11 is 0. The van der Waals surface area contributed by atoms with Gasteiger partial charge in [-0.15, -0.1) is 0 Å². The van der Waals surface area contributed by atoms with Gasteiger partial charge in [-0.25, -0.2) is 0 Å². The van der Waals surface area contributed by atoms with Gasteiger partial charge in [-0.3, -0.25) is 9.80 Å². The Hall–Kier alpha value is -3.98. The van der Waals surface area contributed by atoms with Crippen molar-refractivity contribution in [1.29, 1.82) is 0 Å². The van der Waals surface area contributed by atoms with Gasteiger partial charge in [0.05, 0.1) is 0 Å². The van der Waals surface area contributed by atoms with Crippen LogP contribution in [-0.4, -0.2) is 16.3 Å². The molecule has 0 spiro atoms. The Morgan fingerprint density at radius 2 is 0.684 bits per heavy atom. The molecule has 0 aliphatic carbocycles.